The summed E-state index contributed by atoms with van der Waals surface area (Å²) in [5.74, 6) is 0.688. The molecule has 0 saturated heterocycles. The maximum absolute atomic E-state index is 9.63. The van der Waals surface area contributed by atoms with Crippen LogP contribution in [0.15, 0.2) is 35.3 Å². The first kappa shape index (κ1) is 20.2. The lowest BCUT2D eigenvalue weighted by molar-refractivity contribution is 0.175. The number of benzene rings is 1. The first-order valence-corrected chi connectivity index (χ1v) is 7.40. The van der Waals surface area contributed by atoms with Crippen molar-refractivity contribution in [2.24, 2.45) is 10.7 Å². The highest BCUT2D eigenvalue weighted by molar-refractivity contribution is 14.0. The van der Waals surface area contributed by atoms with Gasteiger partial charge >= 0.3 is 0 Å². The molecule has 2 atom stereocenters. The van der Waals surface area contributed by atoms with Crippen LogP contribution in [-0.4, -0.2) is 30.3 Å². The minimum atomic E-state index is -0.343. The molecule has 4 nitrogen and oxygen atoms in total. The molecule has 0 aliphatic rings. The van der Waals surface area contributed by atoms with Crippen molar-refractivity contribution in [2.45, 2.75) is 45.1 Å². The SMILES string of the molecule is CCCCNC(N)=NCC(CC(C)O)c1ccccc1.I. The van der Waals surface area contributed by atoms with E-state index in [0.29, 0.717) is 18.9 Å². The number of nitrogens with zero attached hydrogens (tertiary/aromatic N) is 1. The number of hydrogen-bond acceptors (Lipinski definition) is 2. The Hall–Kier alpha value is -0.820. The van der Waals surface area contributed by atoms with Crippen LogP contribution in [0, 0.1) is 0 Å². The third kappa shape index (κ3) is 8.93. The second-order valence-electron chi connectivity index (χ2n) is 5.20. The van der Waals surface area contributed by atoms with Crippen molar-refractivity contribution in [3.8, 4) is 0 Å². The van der Waals surface area contributed by atoms with Gasteiger partial charge in [0.25, 0.3) is 0 Å². The van der Waals surface area contributed by atoms with Gasteiger partial charge in [0.05, 0.1) is 6.10 Å². The van der Waals surface area contributed by atoms with Gasteiger partial charge in [0.1, 0.15) is 0 Å². The predicted octanol–water partition coefficient (Wildman–Crippen LogP) is 2.86. The summed E-state index contributed by atoms with van der Waals surface area (Å²) in [5, 5.41) is 12.7. The zero-order chi connectivity index (χ0) is 14.8. The summed E-state index contributed by atoms with van der Waals surface area (Å²) in [5.41, 5.74) is 7.04. The van der Waals surface area contributed by atoms with Gasteiger partial charge in [-0.05, 0) is 25.3 Å². The molecule has 2 unspecified atom stereocenters. The van der Waals surface area contributed by atoms with Gasteiger partial charge in [0.2, 0.25) is 0 Å². The third-order valence-electron chi connectivity index (χ3n) is 3.22. The van der Waals surface area contributed by atoms with Crippen molar-refractivity contribution in [1.29, 1.82) is 0 Å². The number of aliphatic imine (C=N–C) groups is 1. The Kier molecular flexibility index (Phi) is 11.3. The van der Waals surface area contributed by atoms with Crippen molar-refractivity contribution in [1.82, 2.24) is 5.32 Å². The summed E-state index contributed by atoms with van der Waals surface area (Å²) in [7, 11) is 0. The highest BCUT2D eigenvalue weighted by atomic mass is 127. The Labute approximate surface area is 145 Å². The number of aliphatic hydroxyl groups excluding tert-OH is 1. The van der Waals surface area contributed by atoms with E-state index in [0.717, 1.165) is 19.4 Å². The van der Waals surface area contributed by atoms with Crippen molar-refractivity contribution in [2.75, 3.05) is 13.1 Å². The molecule has 0 saturated carbocycles. The van der Waals surface area contributed by atoms with Gasteiger partial charge in [0, 0.05) is 19.0 Å². The zero-order valence-corrected chi connectivity index (χ0v) is 15.3. The number of hydrogen-bond donors (Lipinski definition) is 3. The number of halogens is 1. The molecular weight excluding hydrogens is 377 g/mol. The average molecular weight is 405 g/mol. The summed E-state index contributed by atoms with van der Waals surface area (Å²) < 4.78 is 0. The molecule has 1 aromatic rings. The van der Waals surface area contributed by atoms with E-state index in [9.17, 15) is 5.11 Å². The lowest BCUT2D eigenvalue weighted by atomic mass is 9.93. The Balaban J connectivity index is 0.00000400. The maximum atomic E-state index is 9.63. The second kappa shape index (κ2) is 11.8. The second-order valence-corrected chi connectivity index (χ2v) is 5.20. The standard InChI is InChI=1S/C16H27N3O.HI/c1-3-4-10-18-16(17)19-12-15(11-13(2)20)14-8-6-5-7-9-14;/h5-9,13,15,20H,3-4,10-12H2,1-2H3,(H3,17,18,19);1H. The van der Waals surface area contributed by atoms with Crippen LogP contribution >= 0.6 is 24.0 Å². The molecule has 120 valence electrons. The molecule has 0 fully saturated rings. The van der Waals surface area contributed by atoms with Gasteiger partial charge in [-0.15, -0.1) is 24.0 Å². The maximum Gasteiger partial charge on any atom is 0.188 e. The molecular formula is C16H28IN3O. The Morgan fingerprint density at radius 2 is 2.00 bits per heavy atom. The number of aliphatic hydroxyl groups is 1. The van der Waals surface area contributed by atoms with E-state index in [1.807, 2.05) is 25.1 Å². The molecule has 0 spiro atoms. The van der Waals surface area contributed by atoms with Gasteiger partial charge in [-0.1, -0.05) is 43.7 Å². The minimum absolute atomic E-state index is 0. The smallest absolute Gasteiger partial charge is 0.188 e. The molecule has 0 bridgehead atoms. The van der Waals surface area contributed by atoms with Crippen molar-refractivity contribution >= 4 is 29.9 Å². The van der Waals surface area contributed by atoms with Gasteiger partial charge in [-0.3, -0.25) is 4.99 Å². The summed E-state index contributed by atoms with van der Waals surface area (Å²) >= 11 is 0. The van der Waals surface area contributed by atoms with Crippen LogP contribution in [0.5, 0.6) is 0 Å². The lowest BCUT2D eigenvalue weighted by Gasteiger charge is -2.17. The fourth-order valence-electron chi connectivity index (χ4n) is 2.11. The van der Waals surface area contributed by atoms with Crippen LogP contribution in [0.25, 0.3) is 0 Å². The minimum Gasteiger partial charge on any atom is -0.393 e. The number of unbranched alkanes of at least 4 members (excludes halogenated alkanes) is 1. The Morgan fingerprint density at radius 1 is 1.33 bits per heavy atom. The van der Waals surface area contributed by atoms with Gasteiger partial charge in [0.15, 0.2) is 5.96 Å². The van der Waals surface area contributed by atoms with E-state index < -0.39 is 0 Å². The molecule has 1 rings (SSSR count). The fourth-order valence-corrected chi connectivity index (χ4v) is 2.11. The van der Waals surface area contributed by atoms with E-state index >= 15 is 0 Å². The molecule has 5 heteroatoms. The summed E-state index contributed by atoms with van der Waals surface area (Å²) in [6.07, 6.45) is 2.57. The molecule has 0 heterocycles. The Morgan fingerprint density at radius 3 is 2.57 bits per heavy atom. The predicted molar refractivity (Wildman–Crippen MR) is 100 cm³/mol. The third-order valence-corrected chi connectivity index (χ3v) is 3.22. The van der Waals surface area contributed by atoms with E-state index in [-0.39, 0.29) is 36.0 Å². The normalized spacial score (nSPS) is 14.1. The van der Waals surface area contributed by atoms with Crippen molar-refractivity contribution in [3.05, 3.63) is 35.9 Å². The lowest BCUT2D eigenvalue weighted by Crippen LogP contribution is -2.33. The summed E-state index contributed by atoms with van der Waals surface area (Å²) in [6, 6.07) is 10.2. The summed E-state index contributed by atoms with van der Waals surface area (Å²) in [4.78, 5) is 4.40. The zero-order valence-electron chi connectivity index (χ0n) is 13.0. The van der Waals surface area contributed by atoms with Crippen LogP contribution < -0.4 is 11.1 Å². The molecule has 0 aromatic heterocycles. The van der Waals surface area contributed by atoms with Gasteiger partial charge < -0.3 is 16.2 Å². The molecule has 0 aliphatic heterocycles. The molecule has 1 aromatic carbocycles. The fraction of sp³-hybridized carbons (Fsp3) is 0.562. The highest BCUT2D eigenvalue weighted by Crippen LogP contribution is 2.21. The monoisotopic (exact) mass is 405 g/mol. The van der Waals surface area contributed by atoms with E-state index in [2.05, 4.69) is 29.4 Å². The average Bonchev–Trinajstić information content (AvgIpc) is 2.44. The van der Waals surface area contributed by atoms with Crippen molar-refractivity contribution < 1.29 is 5.11 Å². The topological polar surface area (TPSA) is 70.6 Å². The van der Waals surface area contributed by atoms with Crippen LogP contribution in [0.3, 0.4) is 0 Å². The molecule has 4 N–H and O–H groups in total. The van der Waals surface area contributed by atoms with E-state index in [1.165, 1.54) is 5.56 Å². The molecule has 0 amide bonds. The van der Waals surface area contributed by atoms with Crippen molar-refractivity contribution in [3.63, 3.8) is 0 Å². The van der Waals surface area contributed by atoms with Gasteiger partial charge in [-0.2, -0.15) is 0 Å². The van der Waals surface area contributed by atoms with Crippen LogP contribution in [-0.2, 0) is 0 Å². The number of nitrogens with two attached hydrogens (primary N) is 1. The Bertz CT molecular complexity index is 396. The quantitative estimate of drug-likeness (QED) is 0.270. The number of nitrogens with one attached hydrogen (secondary N) is 1. The molecule has 21 heavy (non-hydrogen) atoms. The number of rotatable bonds is 8. The summed E-state index contributed by atoms with van der Waals surface area (Å²) in [6.45, 7) is 5.41. The molecule has 0 radical (unpaired) electrons. The largest absolute Gasteiger partial charge is 0.393 e. The first-order valence-electron chi connectivity index (χ1n) is 7.40. The van der Waals surface area contributed by atoms with E-state index in [1.54, 1.807) is 0 Å². The van der Waals surface area contributed by atoms with Crippen LogP contribution in [0.1, 0.15) is 44.6 Å². The first-order chi connectivity index (χ1) is 9.63. The van der Waals surface area contributed by atoms with Crippen LogP contribution in [0.4, 0.5) is 0 Å². The van der Waals surface area contributed by atoms with Gasteiger partial charge in [-0.25, -0.2) is 0 Å². The number of guanidine groups is 1. The van der Waals surface area contributed by atoms with Crippen LogP contribution in [0.2, 0.25) is 0 Å². The van der Waals surface area contributed by atoms with E-state index in [4.69, 9.17) is 5.73 Å². The molecule has 0 aliphatic carbocycles. The highest BCUT2D eigenvalue weighted by Gasteiger charge is 2.13.